The van der Waals surface area contributed by atoms with Gasteiger partial charge in [-0.15, -0.1) is 0 Å². The number of carbonyl (C=O) groups is 2. The SMILES string of the molecule is CC1([C@]2(O)Cc3c(O)c4c(c(O)c3[C@@H](O)C2)C(=O)c2c(O)cccc2C4=O)OCCO1. The molecule has 0 unspecified atom stereocenters. The quantitative estimate of drug-likeness (QED) is 0.358. The number of aromatic hydroxyl groups is 3. The van der Waals surface area contributed by atoms with Crippen LogP contribution in [0.25, 0.3) is 0 Å². The van der Waals surface area contributed by atoms with Crippen molar-refractivity contribution in [1.29, 1.82) is 0 Å². The van der Waals surface area contributed by atoms with Crippen molar-refractivity contribution in [2.75, 3.05) is 13.2 Å². The van der Waals surface area contributed by atoms with Gasteiger partial charge in [0.15, 0.2) is 11.6 Å². The van der Waals surface area contributed by atoms with Gasteiger partial charge in [-0.05, 0) is 13.0 Å². The summed E-state index contributed by atoms with van der Waals surface area (Å²) in [5.74, 6) is -4.80. The van der Waals surface area contributed by atoms with Gasteiger partial charge in [-0.2, -0.15) is 0 Å². The zero-order valence-corrected chi connectivity index (χ0v) is 16.5. The number of aliphatic hydroxyl groups is 2. The molecule has 0 spiro atoms. The van der Waals surface area contributed by atoms with E-state index in [4.69, 9.17) is 9.47 Å². The average molecular weight is 428 g/mol. The van der Waals surface area contributed by atoms with E-state index in [0.717, 1.165) is 0 Å². The number of hydrogen-bond acceptors (Lipinski definition) is 9. The molecule has 0 aromatic heterocycles. The predicted molar refractivity (Wildman–Crippen MR) is 103 cm³/mol. The van der Waals surface area contributed by atoms with Crippen LogP contribution in [0, 0.1) is 0 Å². The summed E-state index contributed by atoms with van der Waals surface area (Å²) in [6.07, 6.45) is -2.08. The molecule has 1 saturated heterocycles. The summed E-state index contributed by atoms with van der Waals surface area (Å²) in [6, 6.07) is 3.96. The highest BCUT2D eigenvalue weighted by molar-refractivity contribution is 6.31. The van der Waals surface area contributed by atoms with Gasteiger partial charge >= 0.3 is 0 Å². The second-order valence-corrected chi connectivity index (χ2v) is 8.27. The molecule has 1 fully saturated rings. The number of phenolic OH excluding ortho intramolecular Hbond substituents is 3. The first-order valence-corrected chi connectivity index (χ1v) is 9.80. The zero-order valence-electron chi connectivity index (χ0n) is 16.5. The van der Waals surface area contributed by atoms with E-state index in [2.05, 4.69) is 0 Å². The summed E-state index contributed by atoms with van der Waals surface area (Å²) < 4.78 is 11.1. The van der Waals surface area contributed by atoms with Gasteiger partial charge in [-0.25, -0.2) is 0 Å². The van der Waals surface area contributed by atoms with E-state index >= 15 is 0 Å². The molecule has 0 radical (unpaired) electrons. The molecular weight excluding hydrogens is 408 g/mol. The molecule has 2 aromatic carbocycles. The summed E-state index contributed by atoms with van der Waals surface area (Å²) in [7, 11) is 0. The van der Waals surface area contributed by atoms with E-state index in [-0.39, 0.29) is 48.3 Å². The Bertz CT molecular complexity index is 1160. The first kappa shape index (κ1) is 20.0. The fourth-order valence-electron chi connectivity index (χ4n) is 4.92. The van der Waals surface area contributed by atoms with Crippen LogP contribution in [-0.4, -0.2) is 61.7 Å². The maximum Gasteiger partial charge on any atom is 0.202 e. The lowest BCUT2D eigenvalue weighted by Crippen LogP contribution is -2.57. The maximum absolute atomic E-state index is 13.1. The topological polar surface area (TPSA) is 154 Å². The van der Waals surface area contributed by atoms with Gasteiger partial charge in [0, 0.05) is 29.5 Å². The molecule has 5 rings (SSSR count). The van der Waals surface area contributed by atoms with E-state index < -0.39 is 57.4 Å². The van der Waals surface area contributed by atoms with Gasteiger partial charge in [-0.1, -0.05) is 12.1 Å². The third kappa shape index (κ3) is 2.45. The van der Waals surface area contributed by atoms with Crippen LogP contribution >= 0.6 is 0 Å². The van der Waals surface area contributed by atoms with Crippen LogP contribution < -0.4 is 0 Å². The monoisotopic (exact) mass is 428 g/mol. The first-order valence-electron chi connectivity index (χ1n) is 9.80. The smallest absolute Gasteiger partial charge is 0.202 e. The number of aliphatic hydroxyl groups excluding tert-OH is 1. The second kappa shape index (κ2) is 6.27. The summed E-state index contributed by atoms with van der Waals surface area (Å²) in [5, 5.41) is 54.1. The van der Waals surface area contributed by atoms with Gasteiger partial charge < -0.3 is 35.0 Å². The summed E-state index contributed by atoms with van der Waals surface area (Å²) in [6.45, 7) is 1.98. The number of carbonyl (C=O) groups excluding carboxylic acids is 2. The maximum atomic E-state index is 13.1. The zero-order chi connectivity index (χ0) is 22.3. The third-order valence-corrected chi connectivity index (χ3v) is 6.58. The average Bonchev–Trinajstić information content (AvgIpc) is 3.16. The number of fused-ring (bicyclic) bond motifs is 3. The molecule has 3 aliphatic rings. The Labute approximate surface area is 176 Å². The van der Waals surface area contributed by atoms with E-state index in [0.29, 0.717) is 0 Å². The van der Waals surface area contributed by atoms with Crippen molar-refractivity contribution in [2.45, 2.75) is 37.3 Å². The minimum absolute atomic E-state index is 0.0671. The van der Waals surface area contributed by atoms with Gasteiger partial charge in [0.2, 0.25) is 5.78 Å². The number of rotatable bonds is 1. The van der Waals surface area contributed by atoms with Gasteiger partial charge in [0.25, 0.3) is 0 Å². The number of phenols is 3. The lowest BCUT2D eigenvalue weighted by molar-refractivity contribution is -0.269. The van der Waals surface area contributed by atoms with Crippen molar-refractivity contribution in [1.82, 2.24) is 0 Å². The summed E-state index contributed by atoms with van der Waals surface area (Å²) >= 11 is 0. The van der Waals surface area contributed by atoms with Crippen LogP contribution in [0.4, 0.5) is 0 Å². The molecule has 2 aromatic rings. The number of benzene rings is 2. The Kier molecular flexibility index (Phi) is 4.03. The van der Waals surface area contributed by atoms with Crippen LogP contribution in [0.15, 0.2) is 18.2 Å². The molecule has 31 heavy (non-hydrogen) atoms. The van der Waals surface area contributed by atoms with Crippen LogP contribution in [0.1, 0.15) is 62.4 Å². The first-order chi connectivity index (χ1) is 14.6. The molecule has 0 saturated carbocycles. The Balaban J connectivity index is 1.74. The largest absolute Gasteiger partial charge is 0.507 e. The van der Waals surface area contributed by atoms with Crippen LogP contribution in [0.3, 0.4) is 0 Å². The highest BCUT2D eigenvalue weighted by Crippen LogP contribution is 2.53. The van der Waals surface area contributed by atoms with Crippen molar-refractivity contribution in [2.24, 2.45) is 0 Å². The van der Waals surface area contributed by atoms with Crippen molar-refractivity contribution in [3.63, 3.8) is 0 Å². The molecule has 2 atom stereocenters. The minimum atomic E-state index is -1.77. The third-order valence-electron chi connectivity index (χ3n) is 6.58. The Morgan fingerprint density at radius 3 is 2.29 bits per heavy atom. The van der Waals surface area contributed by atoms with E-state index in [1.54, 1.807) is 0 Å². The van der Waals surface area contributed by atoms with E-state index in [9.17, 15) is 35.1 Å². The Hall–Kier alpha value is -2.98. The van der Waals surface area contributed by atoms with Crippen LogP contribution in [0.2, 0.25) is 0 Å². The lowest BCUT2D eigenvalue weighted by Gasteiger charge is -2.45. The fraction of sp³-hybridized carbons (Fsp3) is 0.364. The van der Waals surface area contributed by atoms with E-state index in [1.165, 1.54) is 25.1 Å². The molecule has 1 heterocycles. The molecule has 9 nitrogen and oxygen atoms in total. The molecule has 162 valence electrons. The van der Waals surface area contributed by atoms with Crippen molar-refractivity contribution < 1.29 is 44.6 Å². The molecule has 5 N–H and O–H groups in total. The van der Waals surface area contributed by atoms with Crippen LogP contribution in [0.5, 0.6) is 17.2 Å². The molecular formula is C22H20O9. The summed E-state index contributed by atoms with van der Waals surface area (Å²) in [5.41, 5.74) is -3.31. The number of hydrogen-bond donors (Lipinski definition) is 5. The normalized spacial score (nSPS) is 26.4. The predicted octanol–water partition coefficient (Wildman–Crippen LogP) is 1.05. The number of ketones is 2. The second-order valence-electron chi connectivity index (χ2n) is 8.27. The van der Waals surface area contributed by atoms with Gasteiger partial charge in [0.1, 0.15) is 22.8 Å². The van der Waals surface area contributed by atoms with Crippen molar-refractivity contribution in [3.8, 4) is 17.2 Å². The van der Waals surface area contributed by atoms with Crippen molar-refractivity contribution in [3.05, 3.63) is 51.6 Å². The van der Waals surface area contributed by atoms with Crippen LogP contribution in [-0.2, 0) is 15.9 Å². The molecule has 9 heteroatoms. The Morgan fingerprint density at radius 2 is 1.61 bits per heavy atom. The standard InChI is InChI=1S/C22H20O9/c1-21(30-5-6-31-21)22(29)7-10-14(12(24)8-22)20(28)16-15(18(10)26)17(25)9-3-2-4-11(23)13(9)19(16)27/h2-4,12,23-24,26,28-29H,5-8H2,1H3/t12-,22-/m0/s1. The highest BCUT2D eigenvalue weighted by atomic mass is 16.7. The van der Waals surface area contributed by atoms with Gasteiger partial charge in [-0.3, -0.25) is 9.59 Å². The fourth-order valence-corrected chi connectivity index (χ4v) is 4.92. The Morgan fingerprint density at radius 1 is 0.968 bits per heavy atom. The summed E-state index contributed by atoms with van der Waals surface area (Å²) in [4.78, 5) is 26.2. The highest BCUT2D eigenvalue weighted by Gasteiger charge is 2.56. The van der Waals surface area contributed by atoms with Crippen molar-refractivity contribution >= 4 is 11.6 Å². The molecule has 2 aliphatic carbocycles. The molecule has 0 bridgehead atoms. The molecule has 0 amide bonds. The van der Waals surface area contributed by atoms with Gasteiger partial charge in [0.05, 0.1) is 36.0 Å². The minimum Gasteiger partial charge on any atom is -0.507 e. The molecule has 1 aliphatic heterocycles. The van der Waals surface area contributed by atoms with E-state index in [1.807, 2.05) is 0 Å². The lowest BCUT2D eigenvalue weighted by atomic mass is 9.70. The number of ether oxygens (including phenoxy) is 2.